The summed E-state index contributed by atoms with van der Waals surface area (Å²) in [4.78, 5) is 1.15. The SMILES string of the molecule is CCNC(C)c1cc(F)ccc1SCc1ccccc1C. The summed E-state index contributed by atoms with van der Waals surface area (Å²) in [7, 11) is 0. The second kappa shape index (κ2) is 7.62. The summed E-state index contributed by atoms with van der Waals surface area (Å²) in [5.74, 6) is 0.736. The molecule has 0 saturated heterocycles. The van der Waals surface area contributed by atoms with Crippen LogP contribution in [0.15, 0.2) is 47.4 Å². The van der Waals surface area contributed by atoms with Crippen molar-refractivity contribution < 1.29 is 4.39 Å². The number of hydrogen-bond donors (Lipinski definition) is 1. The number of aryl methyl sites for hydroxylation is 1. The number of thioether (sulfide) groups is 1. The number of halogens is 1. The Morgan fingerprint density at radius 2 is 1.95 bits per heavy atom. The molecule has 112 valence electrons. The Labute approximate surface area is 131 Å². The third kappa shape index (κ3) is 4.32. The lowest BCUT2D eigenvalue weighted by atomic mass is 10.1. The van der Waals surface area contributed by atoms with Gasteiger partial charge in [0.1, 0.15) is 5.82 Å². The van der Waals surface area contributed by atoms with Gasteiger partial charge in [-0.05, 0) is 55.3 Å². The predicted molar refractivity (Wildman–Crippen MR) is 89.2 cm³/mol. The first kappa shape index (κ1) is 16.1. The minimum atomic E-state index is -0.171. The summed E-state index contributed by atoms with van der Waals surface area (Å²) < 4.78 is 13.5. The van der Waals surface area contributed by atoms with Crippen LogP contribution < -0.4 is 5.32 Å². The highest BCUT2D eigenvalue weighted by Crippen LogP contribution is 2.31. The van der Waals surface area contributed by atoms with E-state index in [1.165, 1.54) is 11.1 Å². The smallest absolute Gasteiger partial charge is 0.123 e. The second-order valence-electron chi connectivity index (χ2n) is 5.18. The van der Waals surface area contributed by atoms with E-state index < -0.39 is 0 Å². The largest absolute Gasteiger partial charge is 0.310 e. The fraction of sp³-hybridized carbons (Fsp3) is 0.333. The van der Waals surface area contributed by atoms with Crippen molar-refractivity contribution >= 4 is 11.8 Å². The molecule has 1 nitrogen and oxygen atoms in total. The zero-order chi connectivity index (χ0) is 15.2. The molecular formula is C18H22FNS. The van der Waals surface area contributed by atoms with Crippen molar-refractivity contribution in [3.63, 3.8) is 0 Å². The van der Waals surface area contributed by atoms with E-state index in [0.717, 1.165) is 22.8 Å². The van der Waals surface area contributed by atoms with Gasteiger partial charge in [-0.15, -0.1) is 11.8 Å². The van der Waals surface area contributed by atoms with Gasteiger partial charge < -0.3 is 5.32 Å². The van der Waals surface area contributed by atoms with Gasteiger partial charge in [0.25, 0.3) is 0 Å². The monoisotopic (exact) mass is 303 g/mol. The highest BCUT2D eigenvalue weighted by atomic mass is 32.2. The first-order valence-corrected chi connectivity index (χ1v) is 8.30. The predicted octanol–water partition coefficient (Wildman–Crippen LogP) is 5.10. The minimum Gasteiger partial charge on any atom is -0.310 e. The molecule has 2 rings (SSSR count). The van der Waals surface area contributed by atoms with Crippen LogP contribution in [0.2, 0.25) is 0 Å². The molecule has 0 aromatic heterocycles. The molecule has 3 heteroatoms. The maximum Gasteiger partial charge on any atom is 0.123 e. The first-order valence-electron chi connectivity index (χ1n) is 7.32. The fourth-order valence-corrected chi connectivity index (χ4v) is 3.53. The molecule has 2 aromatic rings. The summed E-state index contributed by atoms with van der Waals surface area (Å²) in [5.41, 5.74) is 3.66. The number of benzene rings is 2. The molecule has 0 spiro atoms. The molecule has 0 amide bonds. The van der Waals surface area contributed by atoms with E-state index in [1.807, 2.05) is 6.07 Å². The van der Waals surface area contributed by atoms with Crippen molar-refractivity contribution in [2.45, 2.75) is 37.5 Å². The zero-order valence-electron chi connectivity index (χ0n) is 12.8. The van der Waals surface area contributed by atoms with Crippen molar-refractivity contribution in [2.24, 2.45) is 0 Å². The van der Waals surface area contributed by atoms with E-state index in [0.29, 0.717) is 0 Å². The Bertz CT molecular complexity index is 598. The van der Waals surface area contributed by atoms with Crippen LogP contribution in [-0.2, 0) is 5.75 Å². The van der Waals surface area contributed by atoms with E-state index in [1.54, 1.807) is 23.9 Å². The van der Waals surface area contributed by atoms with Gasteiger partial charge in [-0.2, -0.15) is 0 Å². The van der Waals surface area contributed by atoms with Crippen LogP contribution in [0.4, 0.5) is 4.39 Å². The number of hydrogen-bond acceptors (Lipinski definition) is 2. The van der Waals surface area contributed by atoms with Gasteiger partial charge in [-0.25, -0.2) is 4.39 Å². The molecule has 0 aliphatic heterocycles. The molecular weight excluding hydrogens is 281 g/mol. The Kier molecular flexibility index (Phi) is 5.83. The lowest BCUT2D eigenvalue weighted by Gasteiger charge is -2.17. The Balaban J connectivity index is 2.18. The minimum absolute atomic E-state index is 0.157. The van der Waals surface area contributed by atoms with E-state index >= 15 is 0 Å². The number of rotatable bonds is 6. The summed E-state index contributed by atoms with van der Waals surface area (Å²) in [6.45, 7) is 7.15. The van der Waals surface area contributed by atoms with E-state index in [-0.39, 0.29) is 11.9 Å². The molecule has 0 radical (unpaired) electrons. The van der Waals surface area contributed by atoms with Gasteiger partial charge in [-0.3, -0.25) is 0 Å². The van der Waals surface area contributed by atoms with Crippen LogP contribution in [0.3, 0.4) is 0 Å². The van der Waals surface area contributed by atoms with Crippen molar-refractivity contribution in [2.75, 3.05) is 6.54 Å². The average Bonchev–Trinajstić information content (AvgIpc) is 2.47. The molecule has 1 unspecified atom stereocenters. The Morgan fingerprint density at radius 1 is 1.19 bits per heavy atom. The van der Waals surface area contributed by atoms with Gasteiger partial charge in [-0.1, -0.05) is 31.2 Å². The van der Waals surface area contributed by atoms with Crippen LogP contribution in [0.1, 0.15) is 36.6 Å². The molecule has 0 heterocycles. The van der Waals surface area contributed by atoms with Crippen molar-refractivity contribution in [1.82, 2.24) is 5.32 Å². The third-order valence-corrected chi connectivity index (χ3v) is 4.73. The van der Waals surface area contributed by atoms with Crippen LogP contribution in [0, 0.1) is 12.7 Å². The molecule has 0 fully saturated rings. The van der Waals surface area contributed by atoms with E-state index in [9.17, 15) is 4.39 Å². The topological polar surface area (TPSA) is 12.0 Å². The van der Waals surface area contributed by atoms with Crippen molar-refractivity contribution in [3.05, 3.63) is 65.0 Å². The normalized spacial score (nSPS) is 12.4. The van der Waals surface area contributed by atoms with Gasteiger partial charge in [0.15, 0.2) is 0 Å². The van der Waals surface area contributed by atoms with E-state index in [4.69, 9.17) is 0 Å². The lowest BCUT2D eigenvalue weighted by molar-refractivity contribution is 0.574. The Hall–Kier alpha value is -1.32. The third-order valence-electron chi connectivity index (χ3n) is 3.59. The van der Waals surface area contributed by atoms with Gasteiger partial charge in [0.2, 0.25) is 0 Å². The maximum atomic E-state index is 13.5. The molecule has 0 saturated carbocycles. The zero-order valence-corrected chi connectivity index (χ0v) is 13.6. The van der Waals surface area contributed by atoms with Crippen LogP contribution >= 0.6 is 11.8 Å². The van der Waals surface area contributed by atoms with Crippen molar-refractivity contribution in [3.8, 4) is 0 Å². The van der Waals surface area contributed by atoms with Gasteiger partial charge in [0.05, 0.1) is 0 Å². The Morgan fingerprint density at radius 3 is 2.67 bits per heavy atom. The van der Waals surface area contributed by atoms with Gasteiger partial charge >= 0.3 is 0 Å². The molecule has 1 atom stereocenters. The first-order chi connectivity index (χ1) is 10.1. The van der Waals surface area contributed by atoms with Gasteiger partial charge in [0, 0.05) is 16.7 Å². The molecule has 1 N–H and O–H groups in total. The second-order valence-corrected chi connectivity index (χ2v) is 6.19. The molecule has 0 aliphatic carbocycles. The highest BCUT2D eigenvalue weighted by Gasteiger charge is 2.12. The molecule has 0 bridgehead atoms. The average molecular weight is 303 g/mol. The lowest BCUT2D eigenvalue weighted by Crippen LogP contribution is -2.18. The van der Waals surface area contributed by atoms with E-state index in [2.05, 4.69) is 50.4 Å². The molecule has 21 heavy (non-hydrogen) atoms. The molecule has 0 aliphatic rings. The summed E-state index contributed by atoms with van der Waals surface area (Å²) >= 11 is 1.77. The number of nitrogens with one attached hydrogen (secondary N) is 1. The standard InChI is InChI=1S/C18H22FNS/c1-4-20-14(3)17-11-16(19)9-10-18(17)21-12-15-8-6-5-7-13(15)2/h5-11,14,20H,4,12H2,1-3H3. The summed E-state index contributed by atoms with van der Waals surface area (Å²) in [5, 5.41) is 3.36. The summed E-state index contributed by atoms with van der Waals surface area (Å²) in [6.07, 6.45) is 0. The fourth-order valence-electron chi connectivity index (χ4n) is 2.33. The molecule has 2 aromatic carbocycles. The maximum absolute atomic E-state index is 13.5. The quantitative estimate of drug-likeness (QED) is 0.745. The van der Waals surface area contributed by atoms with Crippen molar-refractivity contribution in [1.29, 1.82) is 0 Å². The highest BCUT2D eigenvalue weighted by molar-refractivity contribution is 7.98. The van der Waals surface area contributed by atoms with Crippen LogP contribution in [0.25, 0.3) is 0 Å². The summed E-state index contributed by atoms with van der Waals surface area (Å²) in [6, 6.07) is 13.6. The van der Waals surface area contributed by atoms with Crippen LogP contribution in [0.5, 0.6) is 0 Å². The van der Waals surface area contributed by atoms with Crippen LogP contribution in [-0.4, -0.2) is 6.54 Å².